The molecule has 5 rings (SSSR count). The Morgan fingerprint density at radius 2 is 1.44 bits per heavy atom. The number of nitrogens with zero attached hydrogens (tertiary/aromatic N) is 2. The maximum atomic E-state index is 13.5. The molecule has 1 saturated heterocycles. The van der Waals surface area contributed by atoms with Crippen LogP contribution in [0.2, 0.25) is 0 Å². The molecule has 11 heteroatoms. The van der Waals surface area contributed by atoms with Gasteiger partial charge in [0, 0.05) is 37.4 Å². The highest BCUT2D eigenvalue weighted by molar-refractivity contribution is 14.1. The molecule has 2 N–H and O–H groups in total. The number of halogens is 1. The second-order valence-electron chi connectivity index (χ2n) is 9.95. The zero-order valence-corrected chi connectivity index (χ0v) is 27.2. The van der Waals surface area contributed by atoms with Gasteiger partial charge in [0.25, 0.3) is 5.91 Å². The minimum absolute atomic E-state index is 0.0512. The Hall–Kier alpha value is -3.36. The third-order valence-electron chi connectivity index (χ3n) is 7.26. The van der Waals surface area contributed by atoms with Gasteiger partial charge >= 0.3 is 0 Å². The van der Waals surface area contributed by atoms with Gasteiger partial charge in [-0.2, -0.15) is 4.31 Å². The predicted molar refractivity (Wildman–Crippen MR) is 181 cm³/mol. The van der Waals surface area contributed by atoms with Gasteiger partial charge in [-0.15, -0.1) is 0 Å². The number of thiocarbonyl (C=S) groups is 1. The van der Waals surface area contributed by atoms with Crippen LogP contribution in [0, 0.1) is 3.57 Å². The number of piperazine rings is 1. The van der Waals surface area contributed by atoms with E-state index in [0.717, 1.165) is 3.57 Å². The Kier molecular flexibility index (Phi) is 10.1. The summed E-state index contributed by atoms with van der Waals surface area (Å²) in [5.41, 5.74) is 3.36. The van der Waals surface area contributed by atoms with Crippen LogP contribution in [0.15, 0.2) is 108 Å². The molecule has 8 nitrogen and oxygen atoms in total. The van der Waals surface area contributed by atoms with Crippen molar-refractivity contribution in [1.29, 1.82) is 0 Å². The number of rotatable bonds is 8. The number of amides is 1. The minimum Gasteiger partial charge on any atom is -0.496 e. The molecule has 0 bridgehead atoms. The van der Waals surface area contributed by atoms with Crippen molar-refractivity contribution >= 4 is 61.5 Å². The fraction of sp³-hybridized carbons (Fsp3) is 0.188. The van der Waals surface area contributed by atoms with Crippen LogP contribution in [0.5, 0.6) is 5.75 Å². The summed E-state index contributed by atoms with van der Waals surface area (Å²) in [5, 5.41) is 5.70. The molecular weight excluding hydrogens is 695 g/mol. The number of ether oxygens (including phenoxy) is 1. The van der Waals surface area contributed by atoms with Crippen LogP contribution in [0.3, 0.4) is 0 Å². The number of methoxy groups -OCH3 is 1. The first-order valence-corrected chi connectivity index (χ1v) is 16.6. The van der Waals surface area contributed by atoms with Crippen LogP contribution < -0.4 is 15.4 Å². The molecular formula is C32H31IN4O4S2. The number of anilines is 1. The van der Waals surface area contributed by atoms with E-state index >= 15 is 0 Å². The van der Waals surface area contributed by atoms with E-state index in [9.17, 15) is 13.2 Å². The van der Waals surface area contributed by atoms with E-state index in [1.807, 2.05) is 36.4 Å². The smallest absolute Gasteiger partial charge is 0.257 e. The van der Waals surface area contributed by atoms with Crippen molar-refractivity contribution in [1.82, 2.24) is 14.5 Å². The SMILES string of the molecule is COc1ccc(C(=O)NC(=S)Nc2ccc(S(=O)(=O)N3CCN(C(c4ccccc4)c4ccccc4)CC3)cc2)cc1I. The van der Waals surface area contributed by atoms with Gasteiger partial charge in [0.15, 0.2) is 5.11 Å². The molecule has 0 aromatic heterocycles. The Bertz CT molecular complexity index is 1640. The largest absolute Gasteiger partial charge is 0.496 e. The molecule has 0 atom stereocenters. The number of carbonyl (C=O) groups is 1. The third-order valence-corrected chi connectivity index (χ3v) is 10.2. The Morgan fingerprint density at radius 1 is 0.860 bits per heavy atom. The topological polar surface area (TPSA) is 91.0 Å². The lowest BCUT2D eigenvalue weighted by atomic mass is 9.96. The van der Waals surface area contributed by atoms with Crippen molar-refractivity contribution in [3.05, 3.63) is 123 Å². The summed E-state index contributed by atoms with van der Waals surface area (Å²) in [6.07, 6.45) is 0. The number of carbonyl (C=O) groups excluding carboxylic acids is 1. The number of nitrogens with one attached hydrogen (secondary N) is 2. The second-order valence-corrected chi connectivity index (χ2v) is 13.5. The van der Waals surface area contributed by atoms with E-state index in [4.69, 9.17) is 17.0 Å². The van der Waals surface area contributed by atoms with Crippen molar-refractivity contribution in [2.24, 2.45) is 0 Å². The Morgan fingerprint density at radius 3 is 1.98 bits per heavy atom. The van der Waals surface area contributed by atoms with Gasteiger partial charge in [0.05, 0.1) is 21.6 Å². The van der Waals surface area contributed by atoms with Crippen molar-refractivity contribution in [2.45, 2.75) is 10.9 Å². The zero-order chi connectivity index (χ0) is 30.4. The summed E-state index contributed by atoms with van der Waals surface area (Å²) < 4.78 is 34.6. The molecule has 4 aromatic rings. The van der Waals surface area contributed by atoms with Gasteiger partial charge in [-0.05, 0) is 88.4 Å². The lowest BCUT2D eigenvalue weighted by Crippen LogP contribution is -2.49. The number of benzene rings is 4. The lowest BCUT2D eigenvalue weighted by molar-refractivity contribution is 0.0977. The van der Waals surface area contributed by atoms with Crippen LogP contribution in [0.25, 0.3) is 0 Å². The van der Waals surface area contributed by atoms with Crippen molar-refractivity contribution < 1.29 is 17.9 Å². The lowest BCUT2D eigenvalue weighted by Gasteiger charge is -2.39. The van der Waals surface area contributed by atoms with Gasteiger partial charge in [0.1, 0.15) is 5.75 Å². The molecule has 0 unspecified atom stereocenters. The number of hydrogen-bond acceptors (Lipinski definition) is 6. The van der Waals surface area contributed by atoms with E-state index < -0.39 is 10.0 Å². The molecule has 1 aliphatic heterocycles. The van der Waals surface area contributed by atoms with Gasteiger partial charge in [-0.1, -0.05) is 60.7 Å². The third kappa shape index (κ3) is 7.42. The molecule has 0 spiro atoms. The van der Waals surface area contributed by atoms with Gasteiger partial charge < -0.3 is 10.1 Å². The summed E-state index contributed by atoms with van der Waals surface area (Å²) in [5.74, 6) is 0.316. The van der Waals surface area contributed by atoms with Crippen LogP contribution in [0.1, 0.15) is 27.5 Å². The van der Waals surface area contributed by atoms with Crippen molar-refractivity contribution in [3.63, 3.8) is 0 Å². The van der Waals surface area contributed by atoms with E-state index in [1.54, 1.807) is 53.9 Å². The standard InChI is InChI=1S/C32H31IN4O4S2/c1-41-29-17-12-25(22-28(29)33)31(38)35-32(42)34-26-13-15-27(16-14-26)43(39,40)37-20-18-36(19-21-37)30(23-8-4-2-5-9-23)24-10-6-3-7-11-24/h2-17,22,30H,18-21H2,1H3,(H2,34,35,38,42). The summed E-state index contributed by atoms with van der Waals surface area (Å²) in [6, 6.07) is 32.1. The number of hydrogen-bond donors (Lipinski definition) is 2. The zero-order valence-electron chi connectivity index (χ0n) is 23.4. The van der Waals surface area contributed by atoms with Gasteiger partial charge in [0.2, 0.25) is 10.0 Å². The van der Waals surface area contributed by atoms with Crippen LogP contribution >= 0.6 is 34.8 Å². The molecule has 0 saturated carbocycles. The minimum atomic E-state index is -3.69. The molecule has 222 valence electrons. The van der Waals surface area contributed by atoms with Crippen LogP contribution in [0.4, 0.5) is 5.69 Å². The average molecular weight is 727 g/mol. The van der Waals surface area contributed by atoms with E-state index in [0.29, 0.717) is 43.2 Å². The number of sulfonamides is 1. The normalized spacial score (nSPS) is 14.3. The Labute approximate surface area is 271 Å². The first-order chi connectivity index (χ1) is 20.8. The summed E-state index contributed by atoms with van der Waals surface area (Å²) in [4.78, 5) is 15.2. The first kappa shape index (κ1) is 31.1. The van der Waals surface area contributed by atoms with Gasteiger partial charge in [-0.25, -0.2) is 8.42 Å². The average Bonchev–Trinajstić information content (AvgIpc) is 3.02. The van der Waals surface area contributed by atoms with Crippen molar-refractivity contribution in [2.75, 3.05) is 38.6 Å². The van der Waals surface area contributed by atoms with E-state index in [-0.39, 0.29) is 22.0 Å². The monoisotopic (exact) mass is 726 g/mol. The summed E-state index contributed by atoms with van der Waals surface area (Å²) in [6.45, 7) is 1.99. The highest BCUT2D eigenvalue weighted by Gasteiger charge is 2.32. The second kappa shape index (κ2) is 14.0. The molecule has 43 heavy (non-hydrogen) atoms. The fourth-order valence-electron chi connectivity index (χ4n) is 5.09. The fourth-order valence-corrected chi connectivity index (χ4v) is 7.46. The van der Waals surface area contributed by atoms with Crippen LogP contribution in [-0.4, -0.2) is 61.9 Å². The first-order valence-electron chi connectivity index (χ1n) is 13.7. The quantitative estimate of drug-likeness (QED) is 0.183. The maximum Gasteiger partial charge on any atom is 0.257 e. The molecule has 4 aromatic carbocycles. The molecule has 1 amide bonds. The predicted octanol–water partition coefficient (Wildman–Crippen LogP) is 5.52. The maximum absolute atomic E-state index is 13.5. The molecule has 0 radical (unpaired) electrons. The molecule has 1 heterocycles. The van der Waals surface area contributed by atoms with Crippen LogP contribution in [-0.2, 0) is 10.0 Å². The highest BCUT2D eigenvalue weighted by atomic mass is 127. The highest BCUT2D eigenvalue weighted by Crippen LogP contribution is 2.30. The Balaban J connectivity index is 1.20. The summed E-state index contributed by atoms with van der Waals surface area (Å²) in [7, 11) is -2.11. The van der Waals surface area contributed by atoms with Crippen molar-refractivity contribution in [3.8, 4) is 5.75 Å². The van der Waals surface area contributed by atoms with E-state index in [1.165, 1.54) is 11.1 Å². The molecule has 0 aliphatic carbocycles. The van der Waals surface area contributed by atoms with E-state index in [2.05, 4.69) is 62.4 Å². The molecule has 1 aliphatic rings. The van der Waals surface area contributed by atoms with Gasteiger partial charge in [-0.3, -0.25) is 15.0 Å². The summed E-state index contributed by atoms with van der Waals surface area (Å²) >= 11 is 7.40. The molecule has 1 fully saturated rings.